The molecule has 0 saturated carbocycles. The zero-order valence-corrected chi connectivity index (χ0v) is 16.6. The lowest BCUT2D eigenvalue weighted by atomic mass is 9.89. The largest absolute Gasteiger partial charge is 0.478 e. The number of benzene rings is 3. The number of anilines is 1. The molecule has 1 aliphatic heterocycles. The van der Waals surface area contributed by atoms with Gasteiger partial charge in [0.2, 0.25) is 5.91 Å². The summed E-state index contributed by atoms with van der Waals surface area (Å²) >= 11 is 0. The molecule has 31 heavy (non-hydrogen) atoms. The van der Waals surface area contributed by atoms with E-state index in [9.17, 15) is 14.7 Å². The Morgan fingerprint density at radius 3 is 2.61 bits per heavy atom. The van der Waals surface area contributed by atoms with Crippen LogP contribution in [0.4, 0.5) is 5.69 Å². The molecule has 0 radical (unpaired) electrons. The molecule has 1 amide bonds. The van der Waals surface area contributed by atoms with Crippen LogP contribution < -0.4 is 16.6 Å². The van der Waals surface area contributed by atoms with E-state index in [1.165, 1.54) is 13.2 Å². The van der Waals surface area contributed by atoms with E-state index in [1.54, 1.807) is 48.5 Å². The number of amides is 1. The number of fused-ring (bicyclic) bond motifs is 2. The van der Waals surface area contributed by atoms with E-state index in [4.69, 9.17) is 15.6 Å². The summed E-state index contributed by atoms with van der Waals surface area (Å²) in [4.78, 5) is 28.6. The van der Waals surface area contributed by atoms with E-state index < -0.39 is 5.97 Å². The molecule has 2 aliphatic rings. The summed E-state index contributed by atoms with van der Waals surface area (Å²) in [7, 11) is 1.33. The van der Waals surface area contributed by atoms with E-state index in [0.717, 1.165) is 0 Å². The molecule has 1 heterocycles. The molecule has 8 heteroatoms. The number of nitrogens with one attached hydrogen (secondary N) is 2. The molecule has 0 bridgehead atoms. The van der Waals surface area contributed by atoms with Gasteiger partial charge < -0.3 is 20.7 Å². The summed E-state index contributed by atoms with van der Waals surface area (Å²) in [6.07, 6.45) is -0.0290. The van der Waals surface area contributed by atoms with Crippen LogP contribution in [0, 0.1) is 5.41 Å². The number of nitrogen functional groups attached to an aromatic ring is 1. The van der Waals surface area contributed by atoms with Crippen LogP contribution in [-0.2, 0) is 16.1 Å². The second-order valence-corrected chi connectivity index (χ2v) is 7.03. The summed E-state index contributed by atoms with van der Waals surface area (Å²) in [6, 6.07) is 15.0. The third-order valence-corrected chi connectivity index (χ3v) is 4.91. The molecule has 5 N–H and O–H groups in total. The van der Waals surface area contributed by atoms with Crippen molar-refractivity contribution < 1.29 is 24.0 Å². The number of carbonyl (C=O) groups is 2. The average Bonchev–Trinajstić information content (AvgIpc) is 2.72. The molecule has 2 aromatic carbocycles. The van der Waals surface area contributed by atoms with Gasteiger partial charge in [0.05, 0.1) is 24.5 Å². The fraction of sp³-hybridized carbons (Fsp3) is 0.0870. The Balaban J connectivity index is 2.00. The lowest BCUT2D eigenvalue weighted by Crippen LogP contribution is -2.23. The van der Waals surface area contributed by atoms with Gasteiger partial charge in [-0.25, -0.2) is 10.3 Å². The normalized spacial score (nSPS) is 11.0. The first kappa shape index (κ1) is 20.1. The van der Waals surface area contributed by atoms with Gasteiger partial charge in [-0.15, -0.1) is 0 Å². The molecule has 0 atom stereocenters. The molecule has 1 aliphatic carbocycles. The Bertz CT molecular complexity index is 1360. The van der Waals surface area contributed by atoms with Crippen LogP contribution in [-0.4, -0.2) is 24.1 Å². The van der Waals surface area contributed by atoms with Crippen LogP contribution in [0.5, 0.6) is 0 Å². The van der Waals surface area contributed by atoms with Gasteiger partial charge >= 0.3 is 5.97 Å². The SMILES string of the molecule is CONC(=O)Cc1ccc(-c2c3ccc(=N)cc-3oc3cc(N)ccc23)c(C(=O)O)c1. The fourth-order valence-electron chi connectivity index (χ4n) is 3.63. The van der Waals surface area contributed by atoms with Crippen molar-refractivity contribution in [2.75, 3.05) is 12.8 Å². The maximum atomic E-state index is 12.1. The Morgan fingerprint density at radius 2 is 1.87 bits per heavy atom. The lowest BCUT2D eigenvalue weighted by molar-refractivity contribution is -0.130. The van der Waals surface area contributed by atoms with E-state index in [-0.39, 0.29) is 23.2 Å². The van der Waals surface area contributed by atoms with E-state index in [1.807, 2.05) is 0 Å². The first-order chi connectivity index (χ1) is 14.9. The number of aromatic carboxylic acids is 1. The van der Waals surface area contributed by atoms with Crippen LogP contribution in [0.25, 0.3) is 33.4 Å². The van der Waals surface area contributed by atoms with Crippen LogP contribution in [0.1, 0.15) is 15.9 Å². The highest BCUT2D eigenvalue weighted by Gasteiger charge is 2.22. The number of hydrogen-bond acceptors (Lipinski definition) is 6. The smallest absolute Gasteiger partial charge is 0.336 e. The van der Waals surface area contributed by atoms with Crippen LogP contribution in [0.15, 0.2) is 59.0 Å². The molecule has 0 aromatic heterocycles. The van der Waals surface area contributed by atoms with Gasteiger partial charge in [0, 0.05) is 34.3 Å². The molecule has 0 unspecified atom stereocenters. The second-order valence-electron chi connectivity index (χ2n) is 7.03. The Hall–Kier alpha value is -4.17. The van der Waals surface area contributed by atoms with Gasteiger partial charge in [-0.2, -0.15) is 0 Å². The molecule has 8 nitrogen and oxygen atoms in total. The number of carboxylic acids is 1. The molecule has 0 fully saturated rings. The van der Waals surface area contributed by atoms with E-state index >= 15 is 0 Å². The van der Waals surface area contributed by atoms with Gasteiger partial charge in [-0.1, -0.05) is 12.1 Å². The molecule has 0 spiro atoms. The molecular formula is C23H19N3O5. The van der Waals surface area contributed by atoms with Gasteiger partial charge in [0.1, 0.15) is 11.3 Å². The second kappa shape index (κ2) is 7.92. The third kappa shape index (κ3) is 3.84. The fourth-order valence-corrected chi connectivity index (χ4v) is 3.63. The van der Waals surface area contributed by atoms with Crippen molar-refractivity contribution in [2.24, 2.45) is 0 Å². The lowest BCUT2D eigenvalue weighted by Gasteiger charge is -2.17. The summed E-state index contributed by atoms with van der Waals surface area (Å²) < 4.78 is 5.96. The van der Waals surface area contributed by atoms with Crippen molar-refractivity contribution in [3.8, 4) is 22.5 Å². The number of nitrogens with two attached hydrogens (primary N) is 1. The van der Waals surface area contributed by atoms with E-state index in [0.29, 0.717) is 44.7 Å². The summed E-state index contributed by atoms with van der Waals surface area (Å²) in [6.45, 7) is 0. The van der Waals surface area contributed by atoms with Crippen molar-refractivity contribution in [2.45, 2.75) is 6.42 Å². The summed E-state index contributed by atoms with van der Waals surface area (Å²) in [5.41, 5.74) is 11.5. The quantitative estimate of drug-likeness (QED) is 0.223. The highest BCUT2D eigenvalue weighted by atomic mass is 16.6. The standard InChI is InChI=1S/C23H19N3O5/c1-30-26-21(27)9-12-2-5-15(18(8-12)23(28)29)22-16-6-3-13(24)10-19(16)31-20-11-14(25)4-7-17(20)22/h2-8,10-11,24H,9,25H2,1H3,(H,26,27)(H,28,29). The maximum Gasteiger partial charge on any atom is 0.336 e. The molecule has 2 aromatic rings. The molecule has 4 rings (SSSR count). The first-order valence-electron chi connectivity index (χ1n) is 9.36. The minimum Gasteiger partial charge on any atom is -0.478 e. The number of carbonyl (C=O) groups excluding carboxylic acids is 1. The highest BCUT2D eigenvalue weighted by molar-refractivity contribution is 6.08. The van der Waals surface area contributed by atoms with Gasteiger partial charge in [0.15, 0.2) is 0 Å². The van der Waals surface area contributed by atoms with Crippen molar-refractivity contribution in [3.63, 3.8) is 0 Å². The highest BCUT2D eigenvalue weighted by Crippen LogP contribution is 2.41. The summed E-state index contributed by atoms with van der Waals surface area (Å²) in [5.74, 6) is -1.07. The predicted molar refractivity (Wildman–Crippen MR) is 114 cm³/mol. The first-order valence-corrected chi connectivity index (χ1v) is 9.36. The Kier molecular flexibility index (Phi) is 5.14. The minimum absolute atomic E-state index is 0.0290. The number of hydrogen-bond donors (Lipinski definition) is 4. The van der Waals surface area contributed by atoms with Gasteiger partial charge in [-0.3, -0.25) is 9.63 Å². The van der Waals surface area contributed by atoms with Crippen LogP contribution >= 0.6 is 0 Å². The van der Waals surface area contributed by atoms with Crippen LogP contribution in [0.3, 0.4) is 0 Å². The van der Waals surface area contributed by atoms with Crippen LogP contribution in [0.2, 0.25) is 0 Å². The average molecular weight is 417 g/mol. The Labute approximate surface area is 176 Å². The maximum absolute atomic E-state index is 12.1. The molecular weight excluding hydrogens is 398 g/mol. The van der Waals surface area contributed by atoms with Crippen molar-refractivity contribution in [1.29, 1.82) is 5.41 Å². The van der Waals surface area contributed by atoms with E-state index in [2.05, 4.69) is 10.3 Å². The summed E-state index contributed by atoms with van der Waals surface area (Å²) in [5, 5.41) is 18.8. The number of hydroxylamine groups is 1. The van der Waals surface area contributed by atoms with Gasteiger partial charge in [-0.05, 0) is 41.5 Å². The zero-order chi connectivity index (χ0) is 22.1. The zero-order valence-electron chi connectivity index (χ0n) is 16.6. The monoisotopic (exact) mass is 417 g/mol. The number of carboxylic acid groups (broad SMARTS) is 1. The van der Waals surface area contributed by atoms with Crippen molar-refractivity contribution >= 4 is 28.5 Å². The molecule has 156 valence electrons. The predicted octanol–water partition coefficient (Wildman–Crippen LogP) is 3.18. The topological polar surface area (TPSA) is 139 Å². The minimum atomic E-state index is -1.13. The van der Waals surface area contributed by atoms with Gasteiger partial charge in [0.25, 0.3) is 0 Å². The number of rotatable bonds is 5. The Morgan fingerprint density at radius 1 is 1.10 bits per heavy atom. The van der Waals surface area contributed by atoms with Crippen molar-refractivity contribution in [3.05, 3.63) is 71.1 Å². The third-order valence-electron chi connectivity index (χ3n) is 4.91. The molecule has 0 saturated heterocycles. The van der Waals surface area contributed by atoms with Crippen molar-refractivity contribution in [1.82, 2.24) is 5.48 Å².